The highest BCUT2D eigenvalue weighted by molar-refractivity contribution is 7.86. The molecule has 0 radical (unpaired) electrons. The molecule has 100 valence electrons. The molecule has 1 aliphatic rings. The largest absolute Gasteiger partial charge is 0.310 e. The minimum Gasteiger partial charge on any atom is -0.310 e. The van der Waals surface area contributed by atoms with Gasteiger partial charge in [0, 0.05) is 21.9 Å². The number of rotatable bonds is 3. The summed E-state index contributed by atoms with van der Waals surface area (Å²) in [5.41, 5.74) is 0.925. The van der Waals surface area contributed by atoms with Crippen LogP contribution in [0.25, 0.3) is 0 Å². The molecule has 1 heterocycles. The second-order valence-electron chi connectivity index (χ2n) is 4.62. The fraction of sp³-hybridized carbons (Fsp3) is 0.538. The second-order valence-corrected chi connectivity index (χ2v) is 7.24. The summed E-state index contributed by atoms with van der Waals surface area (Å²) < 4.78 is 12.3. The Hall–Kier alpha value is -0.0900. The molecule has 0 saturated heterocycles. The lowest BCUT2D eigenvalue weighted by Crippen LogP contribution is -2.32. The third-order valence-electron chi connectivity index (χ3n) is 3.22. The first-order chi connectivity index (χ1) is 8.56. The lowest BCUT2D eigenvalue weighted by molar-refractivity contribution is 0.478. The quantitative estimate of drug-likeness (QED) is 0.916. The molecule has 0 bridgehead atoms. The first-order valence-electron chi connectivity index (χ1n) is 6.18. The number of hydrogen-bond acceptors (Lipinski definition) is 2. The highest BCUT2D eigenvalue weighted by Crippen LogP contribution is 2.41. The van der Waals surface area contributed by atoms with E-state index in [0.717, 1.165) is 29.8 Å². The Morgan fingerprint density at radius 2 is 2.06 bits per heavy atom. The van der Waals surface area contributed by atoms with Crippen LogP contribution in [0.4, 0.5) is 0 Å². The van der Waals surface area contributed by atoms with Crippen molar-refractivity contribution >= 4 is 34.0 Å². The van der Waals surface area contributed by atoms with E-state index in [2.05, 4.69) is 12.2 Å². The van der Waals surface area contributed by atoms with Crippen molar-refractivity contribution in [2.24, 2.45) is 0 Å². The molecule has 1 aromatic carbocycles. The van der Waals surface area contributed by atoms with Gasteiger partial charge in [0.15, 0.2) is 0 Å². The molecule has 3 atom stereocenters. The van der Waals surface area contributed by atoms with Gasteiger partial charge in [0.05, 0.1) is 20.7 Å². The van der Waals surface area contributed by atoms with E-state index >= 15 is 0 Å². The van der Waals surface area contributed by atoms with Crippen molar-refractivity contribution in [2.75, 3.05) is 6.54 Å². The number of nitrogens with one attached hydrogen (secondary N) is 1. The zero-order valence-corrected chi connectivity index (χ0v) is 12.8. The van der Waals surface area contributed by atoms with Crippen LogP contribution < -0.4 is 5.32 Å². The van der Waals surface area contributed by atoms with Gasteiger partial charge in [-0.25, -0.2) is 0 Å². The number of halogens is 2. The van der Waals surface area contributed by atoms with Gasteiger partial charge in [-0.1, -0.05) is 37.0 Å². The molecular formula is C13H17Cl2NOS. The van der Waals surface area contributed by atoms with Gasteiger partial charge in [-0.05, 0) is 31.5 Å². The molecule has 18 heavy (non-hydrogen) atoms. The first kappa shape index (κ1) is 14.3. The predicted octanol–water partition coefficient (Wildman–Crippen LogP) is 3.93. The van der Waals surface area contributed by atoms with E-state index in [1.165, 1.54) is 0 Å². The van der Waals surface area contributed by atoms with E-state index in [-0.39, 0.29) is 11.3 Å². The van der Waals surface area contributed by atoms with Gasteiger partial charge in [-0.15, -0.1) is 0 Å². The molecule has 0 aliphatic carbocycles. The summed E-state index contributed by atoms with van der Waals surface area (Å²) in [6.07, 6.45) is 1.89. The van der Waals surface area contributed by atoms with Gasteiger partial charge in [-0.3, -0.25) is 4.21 Å². The van der Waals surface area contributed by atoms with Gasteiger partial charge >= 0.3 is 0 Å². The van der Waals surface area contributed by atoms with Crippen LogP contribution in [0.5, 0.6) is 0 Å². The summed E-state index contributed by atoms with van der Waals surface area (Å²) in [7, 11) is -1.06. The van der Waals surface area contributed by atoms with Crippen LogP contribution in [0.3, 0.4) is 0 Å². The third-order valence-corrected chi connectivity index (χ3v) is 5.74. The third kappa shape index (κ3) is 2.60. The van der Waals surface area contributed by atoms with Crippen molar-refractivity contribution in [3.05, 3.63) is 27.7 Å². The van der Waals surface area contributed by atoms with Gasteiger partial charge in [0.1, 0.15) is 0 Å². The Labute approximate surface area is 121 Å². The summed E-state index contributed by atoms with van der Waals surface area (Å²) in [5, 5.41) is 4.78. The molecule has 0 spiro atoms. The van der Waals surface area contributed by atoms with Crippen molar-refractivity contribution in [2.45, 2.75) is 42.9 Å². The van der Waals surface area contributed by atoms with Crippen LogP contribution in [0.15, 0.2) is 17.0 Å². The predicted molar refractivity (Wildman–Crippen MR) is 78.0 cm³/mol. The lowest BCUT2D eigenvalue weighted by atomic mass is 10.0. The standard InChI is InChI=1S/C13H17Cl2NOS/c1-3-6-16-11-7-8(2)18(17)13-10(15)5-4-9(14)12(11)13/h4-5,8,11,16H,3,6-7H2,1-2H3. The van der Waals surface area contributed by atoms with E-state index in [4.69, 9.17) is 23.2 Å². The van der Waals surface area contributed by atoms with Crippen LogP contribution in [-0.2, 0) is 10.8 Å². The average Bonchev–Trinajstić information content (AvgIpc) is 2.35. The topological polar surface area (TPSA) is 29.1 Å². The molecule has 1 aliphatic heterocycles. The molecule has 0 aromatic heterocycles. The van der Waals surface area contributed by atoms with Gasteiger partial charge in [-0.2, -0.15) is 0 Å². The molecule has 1 aromatic rings. The fourth-order valence-electron chi connectivity index (χ4n) is 2.32. The highest BCUT2D eigenvalue weighted by Gasteiger charge is 2.33. The molecule has 1 N–H and O–H groups in total. The summed E-state index contributed by atoms with van der Waals surface area (Å²) in [4.78, 5) is 0.719. The Kier molecular flexibility index (Phi) is 4.70. The van der Waals surface area contributed by atoms with Crippen LogP contribution in [0, 0.1) is 0 Å². The Morgan fingerprint density at radius 3 is 2.72 bits per heavy atom. The maximum atomic E-state index is 12.3. The molecule has 2 rings (SSSR count). The number of benzene rings is 1. The highest BCUT2D eigenvalue weighted by atomic mass is 35.5. The van der Waals surface area contributed by atoms with E-state index in [9.17, 15) is 4.21 Å². The van der Waals surface area contributed by atoms with Crippen molar-refractivity contribution in [3.63, 3.8) is 0 Å². The maximum absolute atomic E-state index is 12.3. The second kappa shape index (κ2) is 5.91. The molecule has 3 unspecified atom stereocenters. The van der Waals surface area contributed by atoms with E-state index in [1.54, 1.807) is 12.1 Å². The number of fused-ring (bicyclic) bond motifs is 1. The minimum atomic E-state index is -1.06. The Morgan fingerprint density at radius 1 is 1.39 bits per heavy atom. The van der Waals surface area contributed by atoms with Crippen LogP contribution in [0.2, 0.25) is 10.0 Å². The zero-order chi connectivity index (χ0) is 13.3. The summed E-state index contributed by atoms with van der Waals surface area (Å²) in [6, 6.07) is 3.67. The molecule has 0 saturated carbocycles. The van der Waals surface area contributed by atoms with Crippen LogP contribution in [-0.4, -0.2) is 16.0 Å². The fourth-order valence-corrected chi connectivity index (χ4v) is 4.56. The Bertz CT molecular complexity index is 478. The molecule has 2 nitrogen and oxygen atoms in total. The Balaban J connectivity index is 2.48. The van der Waals surface area contributed by atoms with Crippen molar-refractivity contribution in [3.8, 4) is 0 Å². The van der Waals surface area contributed by atoms with Crippen LogP contribution >= 0.6 is 23.2 Å². The molecular weight excluding hydrogens is 289 g/mol. The average molecular weight is 306 g/mol. The summed E-state index contributed by atoms with van der Waals surface area (Å²) in [5.74, 6) is 0. The van der Waals surface area contributed by atoms with Gasteiger partial charge in [0.2, 0.25) is 0 Å². The van der Waals surface area contributed by atoms with Crippen molar-refractivity contribution in [1.29, 1.82) is 0 Å². The van der Waals surface area contributed by atoms with E-state index in [0.29, 0.717) is 10.0 Å². The lowest BCUT2D eigenvalue weighted by Gasteiger charge is -2.31. The zero-order valence-electron chi connectivity index (χ0n) is 10.5. The van der Waals surface area contributed by atoms with Crippen molar-refractivity contribution < 1.29 is 4.21 Å². The summed E-state index contributed by atoms with van der Waals surface area (Å²) in [6.45, 7) is 5.04. The minimum absolute atomic E-state index is 0.0998. The monoisotopic (exact) mass is 305 g/mol. The van der Waals surface area contributed by atoms with Gasteiger partial charge in [0.25, 0.3) is 0 Å². The molecule has 0 amide bonds. The normalized spacial score (nSPS) is 27.0. The number of hydrogen-bond donors (Lipinski definition) is 1. The molecule has 5 heteroatoms. The van der Waals surface area contributed by atoms with E-state index < -0.39 is 10.8 Å². The van der Waals surface area contributed by atoms with E-state index in [1.807, 2.05) is 6.92 Å². The van der Waals surface area contributed by atoms with Gasteiger partial charge < -0.3 is 5.32 Å². The van der Waals surface area contributed by atoms with Crippen LogP contribution in [0.1, 0.15) is 38.3 Å². The first-order valence-corrected chi connectivity index (χ1v) is 8.15. The summed E-state index contributed by atoms with van der Waals surface area (Å²) >= 11 is 12.5. The van der Waals surface area contributed by atoms with Crippen molar-refractivity contribution in [1.82, 2.24) is 5.32 Å². The smallest absolute Gasteiger partial charge is 0.0639 e. The maximum Gasteiger partial charge on any atom is 0.0639 e. The molecule has 0 fully saturated rings. The SMILES string of the molecule is CCCNC1CC(C)S(=O)c2c(Cl)ccc(Cl)c21.